The average Bonchev–Trinajstić information content (AvgIpc) is 2.47. The van der Waals surface area contributed by atoms with Gasteiger partial charge < -0.3 is 5.32 Å². The van der Waals surface area contributed by atoms with Crippen molar-refractivity contribution in [3.05, 3.63) is 69.7 Å². The van der Waals surface area contributed by atoms with Gasteiger partial charge in [0, 0.05) is 16.5 Å². The summed E-state index contributed by atoms with van der Waals surface area (Å²) in [7, 11) is 0. The van der Waals surface area contributed by atoms with Crippen LogP contribution >= 0.6 is 23.2 Å². The molecule has 0 saturated carbocycles. The van der Waals surface area contributed by atoms with Crippen molar-refractivity contribution in [3.8, 4) is 0 Å². The van der Waals surface area contributed by atoms with Gasteiger partial charge >= 0.3 is 0 Å². The van der Waals surface area contributed by atoms with E-state index < -0.39 is 0 Å². The van der Waals surface area contributed by atoms with Crippen LogP contribution in [-0.4, -0.2) is 5.91 Å². The smallest absolute Gasteiger partial charge is 0.221 e. The predicted octanol–water partition coefficient (Wildman–Crippen LogP) is 5.36. The molecule has 4 heteroatoms. The number of carbonyl (C=O) groups is 1. The molecule has 2 atom stereocenters. The van der Waals surface area contributed by atoms with Crippen LogP contribution in [0, 0.1) is 0 Å². The molecule has 1 amide bonds. The summed E-state index contributed by atoms with van der Waals surface area (Å²) in [5, 5.41) is 4.14. The molecule has 2 aromatic carbocycles. The van der Waals surface area contributed by atoms with E-state index in [4.69, 9.17) is 23.2 Å². The minimum Gasteiger partial charge on any atom is -0.350 e. The number of hydrogen-bond donors (Lipinski definition) is 1. The molecule has 0 aliphatic carbocycles. The molecule has 0 heterocycles. The molecule has 0 fully saturated rings. The summed E-state index contributed by atoms with van der Waals surface area (Å²) in [5.41, 5.74) is 2.03. The highest BCUT2D eigenvalue weighted by Gasteiger charge is 2.16. The number of benzene rings is 2. The van der Waals surface area contributed by atoms with Crippen molar-refractivity contribution in [2.75, 3.05) is 0 Å². The van der Waals surface area contributed by atoms with Crippen molar-refractivity contribution in [1.82, 2.24) is 5.32 Å². The molecule has 2 rings (SSSR count). The van der Waals surface area contributed by atoms with E-state index >= 15 is 0 Å². The maximum absolute atomic E-state index is 12.2. The van der Waals surface area contributed by atoms with Crippen LogP contribution in [0.2, 0.25) is 10.0 Å². The molecule has 22 heavy (non-hydrogen) atoms. The van der Waals surface area contributed by atoms with Gasteiger partial charge in [0.25, 0.3) is 0 Å². The second-order valence-corrected chi connectivity index (χ2v) is 6.31. The molecular weight excluding hydrogens is 317 g/mol. The van der Waals surface area contributed by atoms with Gasteiger partial charge in [-0.05, 0) is 36.1 Å². The van der Waals surface area contributed by atoms with Crippen molar-refractivity contribution in [1.29, 1.82) is 0 Å². The van der Waals surface area contributed by atoms with Gasteiger partial charge in [-0.3, -0.25) is 4.79 Å². The van der Waals surface area contributed by atoms with Gasteiger partial charge in [0.05, 0.1) is 6.04 Å². The van der Waals surface area contributed by atoms with E-state index in [0.29, 0.717) is 16.5 Å². The molecular formula is C18H19Cl2NO. The first-order chi connectivity index (χ1) is 10.5. The third-order valence-electron chi connectivity index (χ3n) is 3.67. The molecule has 1 N–H and O–H groups in total. The molecule has 0 aromatic heterocycles. The highest BCUT2D eigenvalue weighted by atomic mass is 35.5. The van der Waals surface area contributed by atoms with E-state index in [-0.39, 0.29) is 17.9 Å². The SMILES string of the molecule is CC(CC(=O)NC(C)c1ccc(Cl)cc1Cl)c1ccccc1. The lowest BCUT2D eigenvalue weighted by Gasteiger charge is -2.18. The summed E-state index contributed by atoms with van der Waals surface area (Å²) in [6.07, 6.45) is 0.444. The molecule has 0 bridgehead atoms. The normalized spacial score (nSPS) is 13.5. The van der Waals surface area contributed by atoms with Crippen molar-refractivity contribution < 1.29 is 4.79 Å². The van der Waals surface area contributed by atoms with Crippen LogP contribution in [-0.2, 0) is 4.79 Å². The summed E-state index contributed by atoms with van der Waals surface area (Å²) in [6.45, 7) is 3.97. The fourth-order valence-electron chi connectivity index (χ4n) is 2.41. The number of carbonyl (C=O) groups excluding carboxylic acids is 1. The molecule has 2 nitrogen and oxygen atoms in total. The standard InChI is InChI=1S/C18H19Cl2NO/c1-12(14-6-4-3-5-7-14)10-18(22)21-13(2)16-9-8-15(19)11-17(16)20/h3-9,11-13H,10H2,1-2H3,(H,21,22). The summed E-state index contributed by atoms with van der Waals surface area (Å²) in [5.74, 6) is 0.184. The Morgan fingerprint density at radius 3 is 2.41 bits per heavy atom. The fraction of sp³-hybridized carbons (Fsp3) is 0.278. The van der Waals surface area contributed by atoms with E-state index in [9.17, 15) is 4.79 Å². The van der Waals surface area contributed by atoms with Crippen LogP contribution in [0.5, 0.6) is 0 Å². The van der Waals surface area contributed by atoms with E-state index in [1.165, 1.54) is 0 Å². The highest BCUT2D eigenvalue weighted by Crippen LogP contribution is 2.26. The minimum absolute atomic E-state index is 0.00914. The molecule has 116 valence electrons. The second kappa shape index (κ2) is 7.66. The Labute approximate surface area is 141 Å². The van der Waals surface area contributed by atoms with Gasteiger partial charge in [-0.2, -0.15) is 0 Å². The van der Waals surface area contributed by atoms with Gasteiger partial charge in [0.2, 0.25) is 5.91 Å². The Morgan fingerprint density at radius 2 is 1.77 bits per heavy atom. The van der Waals surface area contributed by atoms with Gasteiger partial charge in [-0.1, -0.05) is 66.5 Å². The van der Waals surface area contributed by atoms with Crippen LogP contribution in [0.4, 0.5) is 0 Å². The Hall–Kier alpha value is -1.51. The lowest BCUT2D eigenvalue weighted by Crippen LogP contribution is -2.27. The summed E-state index contributed by atoms with van der Waals surface area (Å²) < 4.78 is 0. The largest absolute Gasteiger partial charge is 0.350 e. The summed E-state index contributed by atoms with van der Waals surface area (Å²) in [4.78, 5) is 12.2. The van der Waals surface area contributed by atoms with Crippen LogP contribution in [0.15, 0.2) is 48.5 Å². The first kappa shape index (κ1) is 16.9. The molecule has 2 unspecified atom stereocenters. The lowest BCUT2D eigenvalue weighted by atomic mass is 9.97. The Balaban J connectivity index is 1.96. The van der Waals surface area contributed by atoms with Crippen LogP contribution in [0.1, 0.15) is 43.4 Å². The number of hydrogen-bond acceptors (Lipinski definition) is 1. The monoisotopic (exact) mass is 335 g/mol. The zero-order valence-electron chi connectivity index (χ0n) is 12.6. The number of nitrogens with one attached hydrogen (secondary N) is 1. The van der Waals surface area contributed by atoms with E-state index in [1.807, 2.05) is 43.3 Å². The minimum atomic E-state index is -0.153. The van der Waals surface area contributed by atoms with E-state index in [0.717, 1.165) is 11.1 Å². The summed E-state index contributed by atoms with van der Waals surface area (Å²) >= 11 is 12.1. The molecule has 0 spiro atoms. The van der Waals surface area contributed by atoms with Crippen molar-refractivity contribution in [2.45, 2.75) is 32.2 Å². The molecule has 0 aliphatic heterocycles. The highest BCUT2D eigenvalue weighted by molar-refractivity contribution is 6.35. The zero-order valence-corrected chi connectivity index (χ0v) is 14.2. The number of amides is 1. The summed E-state index contributed by atoms with van der Waals surface area (Å²) in [6, 6.07) is 15.2. The van der Waals surface area contributed by atoms with E-state index in [1.54, 1.807) is 12.1 Å². The first-order valence-corrected chi connectivity index (χ1v) is 8.02. The average molecular weight is 336 g/mol. The second-order valence-electron chi connectivity index (χ2n) is 5.47. The number of rotatable bonds is 5. The molecule has 2 aromatic rings. The molecule has 0 saturated heterocycles. The third kappa shape index (κ3) is 4.49. The maximum Gasteiger partial charge on any atom is 0.221 e. The topological polar surface area (TPSA) is 29.1 Å². The van der Waals surface area contributed by atoms with Crippen LogP contribution in [0.3, 0.4) is 0 Å². The van der Waals surface area contributed by atoms with Gasteiger partial charge in [-0.15, -0.1) is 0 Å². The van der Waals surface area contributed by atoms with Gasteiger partial charge in [0.1, 0.15) is 0 Å². The lowest BCUT2D eigenvalue weighted by molar-refractivity contribution is -0.122. The van der Waals surface area contributed by atoms with Gasteiger partial charge in [0.15, 0.2) is 0 Å². The fourth-order valence-corrected chi connectivity index (χ4v) is 2.98. The zero-order chi connectivity index (χ0) is 16.1. The molecule has 0 radical (unpaired) electrons. The van der Waals surface area contributed by atoms with E-state index in [2.05, 4.69) is 12.2 Å². The van der Waals surface area contributed by atoms with Crippen molar-refractivity contribution >= 4 is 29.1 Å². The van der Waals surface area contributed by atoms with Crippen LogP contribution in [0.25, 0.3) is 0 Å². The van der Waals surface area contributed by atoms with Crippen molar-refractivity contribution in [3.63, 3.8) is 0 Å². The Bertz CT molecular complexity index is 643. The third-order valence-corrected chi connectivity index (χ3v) is 4.23. The molecule has 0 aliphatic rings. The predicted molar refractivity (Wildman–Crippen MR) is 92.5 cm³/mol. The Morgan fingerprint density at radius 1 is 1.09 bits per heavy atom. The van der Waals surface area contributed by atoms with Crippen LogP contribution < -0.4 is 5.32 Å². The maximum atomic E-state index is 12.2. The van der Waals surface area contributed by atoms with Crippen molar-refractivity contribution in [2.24, 2.45) is 0 Å². The number of halogens is 2. The Kier molecular flexibility index (Phi) is 5.87. The quantitative estimate of drug-likeness (QED) is 0.782. The first-order valence-electron chi connectivity index (χ1n) is 7.26. The van der Waals surface area contributed by atoms with Gasteiger partial charge in [-0.25, -0.2) is 0 Å².